The van der Waals surface area contributed by atoms with Gasteiger partial charge < -0.3 is 10.2 Å². The molecule has 31 heavy (non-hydrogen) atoms. The second kappa shape index (κ2) is 11.2. The predicted octanol–water partition coefficient (Wildman–Crippen LogP) is 4.69. The molecule has 0 radical (unpaired) electrons. The Hall–Kier alpha value is -1.80. The third kappa shape index (κ3) is 5.92. The van der Waals surface area contributed by atoms with Gasteiger partial charge in [-0.3, -0.25) is 9.69 Å². The Morgan fingerprint density at radius 3 is 2.71 bits per heavy atom. The number of fused-ring (bicyclic) bond motifs is 1. The van der Waals surface area contributed by atoms with E-state index in [1.165, 1.54) is 10.3 Å². The molecule has 5 nitrogen and oxygen atoms in total. The maximum atomic E-state index is 12.6. The van der Waals surface area contributed by atoms with Crippen molar-refractivity contribution in [2.24, 2.45) is 0 Å². The first-order chi connectivity index (χ1) is 14.6. The SMILES string of the molecule is CCSc1ccccc1C(=O)NCCN1CCN(c2nc3ccc(C)cc3s2)CC1.Cl. The average molecular weight is 477 g/mol. The number of amides is 1. The Kier molecular flexibility index (Phi) is 8.60. The van der Waals surface area contributed by atoms with Crippen LogP contribution in [0.2, 0.25) is 0 Å². The Morgan fingerprint density at radius 2 is 1.94 bits per heavy atom. The highest BCUT2D eigenvalue weighted by Crippen LogP contribution is 2.30. The lowest BCUT2D eigenvalue weighted by Crippen LogP contribution is -2.48. The number of anilines is 1. The van der Waals surface area contributed by atoms with E-state index in [1.807, 2.05) is 24.3 Å². The molecule has 0 unspecified atom stereocenters. The van der Waals surface area contributed by atoms with Gasteiger partial charge in [-0.1, -0.05) is 36.5 Å². The second-order valence-corrected chi connectivity index (χ2v) is 9.80. The molecule has 4 rings (SSSR count). The van der Waals surface area contributed by atoms with Crippen molar-refractivity contribution >= 4 is 56.8 Å². The molecule has 1 amide bonds. The summed E-state index contributed by atoms with van der Waals surface area (Å²) in [6, 6.07) is 14.3. The van der Waals surface area contributed by atoms with Crippen molar-refractivity contribution in [1.82, 2.24) is 15.2 Å². The number of aryl methyl sites for hydroxylation is 1. The molecule has 2 aromatic carbocycles. The highest BCUT2D eigenvalue weighted by atomic mass is 35.5. The number of aromatic nitrogens is 1. The van der Waals surface area contributed by atoms with E-state index in [2.05, 4.69) is 47.2 Å². The van der Waals surface area contributed by atoms with Crippen LogP contribution in [0.15, 0.2) is 47.4 Å². The van der Waals surface area contributed by atoms with Crippen LogP contribution >= 0.6 is 35.5 Å². The van der Waals surface area contributed by atoms with Gasteiger partial charge in [-0.2, -0.15) is 0 Å². The number of nitrogens with zero attached hydrogens (tertiary/aromatic N) is 3. The zero-order valence-corrected chi connectivity index (χ0v) is 20.4. The minimum Gasteiger partial charge on any atom is -0.351 e. The number of hydrogen-bond acceptors (Lipinski definition) is 6. The number of hydrogen-bond donors (Lipinski definition) is 1. The van der Waals surface area contributed by atoms with Gasteiger partial charge in [0.05, 0.1) is 15.8 Å². The third-order valence-corrected chi connectivity index (χ3v) is 7.36. The van der Waals surface area contributed by atoms with Gasteiger partial charge >= 0.3 is 0 Å². The van der Waals surface area contributed by atoms with E-state index in [4.69, 9.17) is 4.98 Å². The lowest BCUT2D eigenvalue weighted by molar-refractivity contribution is 0.0945. The number of piperazine rings is 1. The monoisotopic (exact) mass is 476 g/mol. The number of nitrogens with one attached hydrogen (secondary N) is 1. The van der Waals surface area contributed by atoms with Crippen LogP contribution in [0.1, 0.15) is 22.8 Å². The summed E-state index contributed by atoms with van der Waals surface area (Å²) in [6.45, 7) is 9.71. The summed E-state index contributed by atoms with van der Waals surface area (Å²) in [4.78, 5) is 23.2. The van der Waals surface area contributed by atoms with Crippen LogP contribution < -0.4 is 10.2 Å². The fraction of sp³-hybridized carbons (Fsp3) is 0.391. The Labute approximate surface area is 198 Å². The number of thioether (sulfide) groups is 1. The fourth-order valence-electron chi connectivity index (χ4n) is 3.68. The number of halogens is 1. The lowest BCUT2D eigenvalue weighted by Gasteiger charge is -2.34. The van der Waals surface area contributed by atoms with Crippen molar-refractivity contribution in [3.8, 4) is 0 Å². The molecular weight excluding hydrogens is 448 g/mol. The molecule has 0 atom stereocenters. The molecule has 0 bridgehead atoms. The van der Waals surface area contributed by atoms with Gasteiger partial charge in [0.2, 0.25) is 0 Å². The first-order valence-electron chi connectivity index (χ1n) is 10.5. The number of thiazole rings is 1. The molecule has 166 valence electrons. The topological polar surface area (TPSA) is 48.5 Å². The predicted molar refractivity (Wildman–Crippen MR) is 135 cm³/mol. The maximum Gasteiger partial charge on any atom is 0.252 e. The first kappa shape index (κ1) is 23.9. The Morgan fingerprint density at radius 1 is 1.16 bits per heavy atom. The van der Waals surface area contributed by atoms with Gasteiger partial charge in [0.1, 0.15) is 0 Å². The normalized spacial score (nSPS) is 14.5. The number of carbonyl (C=O) groups is 1. The largest absolute Gasteiger partial charge is 0.351 e. The summed E-state index contributed by atoms with van der Waals surface area (Å²) < 4.78 is 1.26. The fourth-order valence-corrected chi connectivity index (χ4v) is 5.59. The molecular formula is C23H29ClN4OS2. The van der Waals surface area contributed by atoms with E-state index in [0.717, 1.165) is 59.6 Å². The zero-order valence-electron chi connectivity index (χ0n) is 18.0. The summed E-state index contributed by atoms with van der Waals surface area (Å²) in [5.41, 5.74) is 3.15. The molecule has 0 spiro atoms. The second-order valence-electron chi connectivity index (χ2n) is 7.48. The molecule has 1 aliphatic heterocycles. The van der Waals surface area contributed by atoms with Crippen molar-refractivity contribution in [2.75, 3.05) is 49.9 Å². The number of benzene rings is 2. The Bertz CT molecular complexity index is 1020. The van der Waals surface area contributed by atoms with E-state index in [1.54, 1.807) is 23.1 Å². The van der Waals surface area contributed by atoms with E-state index in [9.17, 15) is 4.79 Å². The maximum absolute atomic E-state index is 12.6. The van der Waals surface area contributed by atoms with Crippen molar-refractivity contribution in [3.63, 3.8) is 0 Å². The van der Waals surface area contributed by atoms with Crippen molar-refractivity contribution in [2.45, 2.75) is 18.7 Å². The molecule has 0 aliphatic carbocycles. The first-order valence-corrected chi connectivity index (χ1v) is 12.3. The van der Waals surface area contributed by atoms with Crippen LogP contribution in [0.25, 0.3) is 10.2 Å². The molecule has 8 heteroatoms. The summed E-state index contributed by atoms with van der Waals surface area (Å²) >= 11 is 3.49. The van der Waals surface area contributed by atoms with E-state index in [-0.39, 0.29) is 18.3 Å². The zero-order chi connectivity index (χ0) is 20.9. The summed E-state index contributed by atoms with van der Waals surface area (Å²) in [7, 11) is 0. The van der Waals surface area contributed by atoms with Gasteiger partial charge in [-0.25, -0.2) is 4.98 Å². The Balaban J connectivity index is 0.00000272. The molecule has 0 saturated carbocycles. The summed E-state index contributed by atoms with van der Waals surface area (Å²) in [5.74, 6) is 0.984. The summed E-state index contributed by atoms with van der Waals surface area (Å²) in [6.07, 6.45) is 0. The van der Waals surface area contributed by atoms with E-state index in [0.29, 0.717) is 6.54 Å². The van der Waals surface area contributed by atoms with Gasteiger partial charge in [0, 0.05) is 44.2 Å². The molecule has 1 N–H and O–H groups in total. The van der Waals surface area contributed by atoms with Crippen LogP contribution in [0.5, 0.6) is 0 Å². The number of carbonyl (C=O) groups excluding carboxylic acids is 1. The minimum absolute atomic E-state index is 0. The molecule has 1 aliphatic rings. The molecule has 1 aromatic heterocycles. The van der Waals surface area contributed by atoms with Crippen molar-refractivity contribution in [3.05, 3.63) is 53.6 Å². The molecule has 3 aromatic rings. The highest BCUT2D eigenvalue weighted by Gasteiger charge is 2.20. The standard InChI is InChI=1S/C23H28N4OS2.ClH/c1-3-29-20-7-5-4-6-18(20)22(28)24-10-11-26-12-14-27(15-13-26)23-25-19-9-8-17(2)16-21(19)30-23;/h4-9,16H,3,10-15H2,1-2H3,(H,24,28);1H. The molecule has 1 fully saturated rings. The summed E-state index contributed by atoms with van der Waals surface area (Å²) in [5, 5.41) is 4.21. The van der Waals surface area contributed by atoms with Gasteiger partial charge in [0.15, 0.2) is 5.13 Å². The smallest absolute Gasteiger partial charge is 0.252 e. The van der Waals surface area contributed by atoms with Crippen LogP contribution in [0.3, 0.4) is 0 Å². The number of rotatable bonds is 7. The van der Waals surface area contributed by atoms with Gasteiger partial charge in [-0.05, 0) is 42.5 Å². The third-order valence-electron chi connectivity index (χ3n) is 5.32. The molecule has 1 saturated heterocycles. The van der Waals surface area contributed by atoms with Crippen molar-refractivity contribution in [1.29, 1.82) is 0 Å². The minimum atomic E-state index is 0. The highest BCUT2D eigenvalue weighted by molar-refractivity contribution is 7.99. The quantitative estimate of drug-likeness (QED) is 0.501. The van der Waals surface area contributed by atoms with Crippen LogP contribution in [0, 0.1) is 6.92 Å². The van der Waals surface area contributed by atoms with Crippen LogP contribution in [0.4, 0.5) is 5.13 Å². The average Bonchev–Trinajstić information content (AvgIpc) is 3.18. The van der Waals surface area contributed by atoms with Crippen molar-refractivity contribution < 1.29 is 4.79 Å². The van der Waals surface area contributed by atoms with E-state index < -0.39 is 0 Å². The van der Waals surface area contributed by atoms with Crippen LogP contribution in [-0.2, 0) is 0 Å². The van der Waals surface area contributed by atoms with E-state index >= 15 is 0 Å². The van der Waals surface area contributed by atoms with Gasteiger partial charge in [0.25, 0.3) is 5.91 Å². The van der Waals surface area contributed by atoms with Crippen LogP contribution in [-0.4, -0.2) is 60.8 Å². The lowest BCUT2D eigenvalue weighted by atomic mass is 10.2. The molecule has 2 heterocycles. The van der Waals surface area contributed by atoms with Gasteiger partial charge in [-0.15, -0.1) is 24.2 Å².